The van der Waals surface area contributed by atoms with Gasteiger partial charge in [0.15, 0.2) is 0 Å². The van der Waals surface area contributed by atoms with Crippen LogP contribution in [0.25, 0.3) is 0 Å². The van der Waals surface area contributed by atoms with Crippen LogP contribution in [0.5, 0.6) is 0 Å². The lowest BCUT2D eigenvalue weighted by Crippen LogP contribution is -2.45. The smallest absolute Gasteiger partial charge is 0.272 e. The molecule has 110 valence electrons. The Hall–Kier alpha value is -2.18. The molecule has 1 atom stereocenters. The fourth-order valence-electron chi connectivity index (χ4n) is 1.37. The van der Waals surface area contributed by atoms with Gasteiger partial charge in [-0.3, -0.25) is 9.59 Å². The zero-order valence-corrected chi connectivity index (χ0v) is 12.2. The molecule has 20 heavy (non-hydrogen) atoms. The normalized spacial score (nSPS) is 11.8. The van der Waals surface area contributed by atoms with Crippen LogP contribution in [0.4, 0.5) is 5.82 Å². The number of anilines is 1. The first-order valence-corrected chi connectivity index (χ1v) is 6.52. The van der Waals surface area contributed by atoms with E-state index in [9.17, 15) is 9.59 Å². The molecular formula is C13H21N5O2. The molecule has 1 heterocycles. The lowest BCUT2D eigenvalue weighted by Gasteiger charge is -2.14. The maximum Gasteiger partial charge on any atom is 0.272 e. The minimum absolute atomic E-state index is 0.174. The summed E-state index contributed by atoms with van der Waals surface area (Å²) in [4.78, 5) is 31.6. The van der Waals surface area contributed by atoms with Crippen LogP contribution in [0.2, 0.25) is 0 Å². The van der Waals surface area contributed by atoms with Crippen LogP contribution in [-0.2, 0) is 4.79 Å². The van der Waals surface area contributed by atoms with Crippen molar-refractivity contribution in [3.05, 3.63) is 18.1 Å². The first-order chi connectivity index (χ1) is 9.43. The second-order valence-electron chi connectivity index (χ2n) is 4.87. The van der Waals surface area contributed by atoms with Crippen molar-refractivity contribution < 1.29 is 9.59 Å². The first-order valence-electron chi connectivity index (χ1n) is 6.52. The number of nitrogens with zero attached hydrogens (tertiary/aromatic N) is 2. The molecule has 0 saturated carbocycles. The molecule has 0 aliphatic rings. The number of carbonyl (C=O) groups excluding carboxylic acids is 2. The van der Waals surface area contributed by atoms with Gasteiger partial charge in [-0.2, -0.15) is 0 Å². The summed E-state index contributed by atoms with van der Waals surface area (Å²) in [5, 5.41) is 8.15. The third kappa shape index (κ3) is 4.83. The van der Waals surface area contributed by atoms with Crippen molar-refractivity contribution in [2.45, 2.75) is 26.8 Å². The number of amides is 2. The molecule has 7 heteroatoms. The lowest BCUT2D eigenvalue weighted by atomic mass is 10.2. The molecule has 0 spiro atoms. The van der Waals surface area contributed by atoms with Crippen molar-refractivity contribution in [3.8, 4) is 0 Å². The third-order valence-electron chi connectivity index (χ3n) is 2.57. The Balaban J connectivity index is 2.53. The monoisotopic (exact) mass is 279 g/mol. The maximum absolute atomic E-state index is 11.9. The zero-order chi connectivity index (χ0) is 15.1. The van der Waals surface area contributed by atoms with Gasteiger partial charge in [0.1, 0.15) is 17.6 Å². The summed E-state index contributed by atoms with van der Waals surface area (Å²) in [6, 6.07) is -0.618. The molecule has 3 N–H and O–H groups in total. The van der Waals surface area contributed by atoms with Gasteiger partial charge in [0.2, 0.25) is 5.91 Å². The van der Waals surface area contributed by atoms with Gasteiger partial charge in [-0.25, -0.2) is 9.97 Å². The Morgan fingerprint density at radius 2 is 1.90 bits per heavy atom. The fraction of sp³-hybridized carbons (Fsp3) is 0.538. The van der Waals surface area contributed by atoms with Gasteiger partial charge in [-0.1, -0.05) is 13.8 Å². The van der Waals surface area contributed by atoms with Crippen LogP contribution < -0.4 is 16.0 Å². The van der Waals surface area contributed by atoms with E-state index in [0.717, 1.165) is 0 Å². The summed E-state index contributed by atoms with van der Waals surface area (Å²) in [5.41, 5.74) is 0.174. The van der Waals surface area contributed by atoms with E-state index in [1.165, 1.54) is 12.4 Å². The van der Waals surface area contributed by atoms with Crippen LogP contribution in [-0.4, -0.2) is 41.4 Å². The van der Waals surface area contributed by atoms with Crippen LogP contribution >= 0.6 is 0 Å². The second-order valence-corrected chi connectivity index (χ2v) is 4.87. The van der Waals surface area contributed by atoms with E-state index in [1.807, 2.05) is 13.8 Å². The summed E-state index contributed by atoms with van der Waals surface area (Å²) < 4.78 is 0. The highest BCUT2D eigenvalue weighted by molar-refractivity contribution is 5.95. The molecule has 0 fully saturated rings. The van der Waals surface area contributed by atoms with Gasteiger partial charge < -0.3 is 16.0 Å². The Morgan fingerprint density at radius 3 is 2.40 bits per heavy atom. The van der Waals surface area contributed by atoms with Crippen LogP contribution in [0.15, 0.2) is 12.4 Å². The van der Waals surface area contributed by atoms with E-state index >= 15 is 0 Å². The van der Waals surface area contributed by atoms with Crippen molar-refractivity contribution in [1.82, 2.24) is 20.6 Å². The number of hydrogen-bond donors (Lipinski definition) is 3. The summed E-state index contributed by atoms with van der Waals surface area (Å²) in [6.07, 6.45) is 2.82. The van der Waals surface area contributed by atoms with Gasteiger partial charge in [-0.15, -0.1) is 0 Å². The molecule has 0 radical (unpaired) electrons. The highest BCUT2D eigenvalue weighted by atomic mass is 16.2. The molecule has 1 aromatic heterocycles. The van der Waals surface area contributed by atoms with E-state index in [0.29, 0.717) is 18.3 Å². The van der Waals surface area contributed by atoms with Crippen molar-refractivity contribution in [1.29, 1.82) is 0 Å². The Kier molecular flexibility index (Phi) is 5.89. The first kappa shape index (κ1) is 15.9. The molecule has 7 nitrogen and oxygen atoms in total. The molecule has 1 rings (SSSR count). The zero-order valence-electron chi connectivity index (χ0n) is 12.2. The van der Waals surface area contributed by atoms with Crippen molar-refractivity contribution in [2.24, 2.45) is 5.92 Å². The van der Waals surface area contributed by atoms with Crippen molar-refractivity contribution in [2.75, 3.05) is 18.9 Å². The van der Waals surface area contributed by atoms with E-state index < -0.39 is 11.9 Å². The highest BCUT2D eigenvalue weighted by Crippen LogP contribution is 2.00. The van der Waals surface area contributed by atoms with E-state index in [4.69, 9.17) is 0 Å². The number of aromatic nitrogens is 2. The molecule has 0 aliphatic carbocycles. The van der Waals surface area contributed by atoms with Crippen LogP contribution in [0, 0.1) is 5.92 Å². The summed E-state index contributed by atoms with van der Waals surface area (Å²) in [7, 11) is 1.71. The summed E-state index contributed by atoms with van der Waals surface area (Å²) >= 11 is 0. The molecule has 0 aliphatic heterocycles. The molecule has 0 aromatic carbocycles. The number of carbonyl (C=O) groups is 2. The Labute approximate surface area is 118 Å². The minimum Gasteiger partial charge on any atom is -0.372 e. The van der Waals surface area contributed by atoms with Gasteiger partial charge >= 0.3 is 0 Å². The van der Waals surface area contributed by atoms with Gasteiger partial charge in [0.25, 0.3) is 5.91 Å². The molecule has 0 saturated heterocycles. The lowest BCUT2D eigenvalue weighted by molar-refractivity contribution is -0.122. The second kappa shape index (κ2) is 7.42. The number of nitrogens with one attached hydrogen (secondary N) is 3. The predicted octanol–water partition coefficient (Wildman–Crippen LogP) is 0.409. The van der Waals surface area contributed by atoms with Crippen LogP contribution in [0.3, 0.4) is 0 Å². The van der Waals surface area contributed by atoms with Gasteiger partial charge in [0, 0.05) is 13.6 Å². The quantitative estimate of drug-likeness (QED) is 0.701. The SMILES string of the molecule is CNc1cnc(C(=O)NC(C)C(=O)NCC(C)C)cn1. The molecule has 1 unspecified atom stereocenters. The summed E-state index contributed by atoms with van der Waals surface area (Å²) in [5.74, 6) is 0.297. The minimum atomic E-state index is -0.618. The summed E-state index contributed by atoms with van der Waals surface area (Å²) in [6.45, 7) is 6.21. The molecule has 0 bridgehead atoms. The number of hydrogen-bond acceptors (Lipinski definition) is 5. The largest absolute Gasteiger partial charge is 0.372 e. The van der Waals surface area contributed by atoms with E-state index in [1.54, 1.807) is 14.0 Å². The standard InChI is InChI=1S/C13H21N5O2/c1-8(2)5-17-12(19)9(3)18-13(20)10-6-16-11(14-4)7-15-10/h6-9H,5H2,1-4H3,(H,14,16)(H,17,19)(H,18,20). The molecule has 1 aromatic rings. The molecular weight excluding hydrogens is 258 g/mol. The Bertz CT molecular complexity index is 458. The van der Waals surface area contributed by atoms with Gasteiger partial charge in [0.05, 0.1) is 12.4 Å². The van der Waals surface area contributed by atoms with Crippen molar-refractivity contribution in [3.63, 3.8) is 0 Å². The van der Waals surface area contributed by atoms with E-state index in [-0.39, 0.29) is 11.6 Å². The fourth-order valence-corrected chi connectivity index (χ4v) is 1.37. The van der Waals surface area contributed by atoms with Crippen molar-refractivity contribution >= 4 is 17.6 Å². The highest BCUT2D eigenvalue weighted by Gasteiger charge is 2.17. The van der Waals surface area contributed by atoms with Crippen LogP contribution in [0.1, 0.15) is 31.3 Å². The number of rotatable bonds is 6. The maximum atomic E-state index is 11.9. The average Bonchev–Trinajstić information content (AvgIpc) is 2.44. The topological polar surface area (TPSA) is 96.0 Å². The predicted molar refractivity (Wildman–Crippen MR) is 76.4 cm³/mol. The van der Waals surface area contributed by atoms with E-state index in [2.05, 4.69) is 25.9 Å². The third-order valence-corrected chi connectivity index (χ3v) is 2.57. The van der Waals surface area contributed by atoms with Gasteiger partial charge in [-0.05, 0) is 12.8 Å². The Morgan fingerprint density at radius 1 is 1.20 bits per heavy atom. The average molecular weight is 279 g/mol. The molecule has 2 amide bonds.